The molecule has 0 bridgehead atoms. The van der Waals surface area contributed by atoms with E-state index in [-0.39, 0.29) is 10.9 Å². The SMILES string of the molecule is O=c1[nH]c2cc(F)ccc2c(=O)nc1NO. The van der Waals surface area contributed by atoms with E-state index in [1.807, 2.05) is 0 Å². The molecule has 0 saturated heterocycles. The van der Waals surface area contributed by atoms with Crippen LogP contribution in [-0.4, -0.2) is 15.2 Å². The van der Waals surface area contributed by atoms with Crippen LogP contribution in [0.25, 0.3) is 10.9 Å². The third kappa shape index (κ3) is 1.63. The lowest BCUT2D eigenvalue weighted by Crippen LogP contribution is -2.13. The van der Waals surface area contributed by atoms with Crippen molar-refractivity contribution in [1.82, 2.24) is 9.97 Å². The van der Waals surface area contributed by atoms with E-state index in [0.717, 1.165) is 12.1 Å². The normalized spacial score (nSPS) is 10.4. The monoisotopic (exact) mass is 223 g/mol. The first-order valence-corrected chi connectivity index (χ1v) is 4.26. The summed E-state index contributed by atoms with van der Waals surface area (Å²) in [5, 5.41) is 8.63. The van der Waals surface area contributed by atoms with Gasteiger partial charge in [0.15, 0.2) is 0 Å². The minimum atomic E-state index is -0.819. The smallest absolute Gasteiger partial charge is 0.293 e. The van der Waals surface area contributed by atoms with Gasteiger partial charge < -0.3 is 4.98 Å². The summed E-state index contributed by atoms with van der Waals surface area (Å²) >= 11 is 0. The Balaban J connectivity index is 3.01. The van der Waals surface area contributed by atoms with Crippen LogP contribution in [0.2, 0.25) is 0 Å². The maximum Gasteiger partial charge on any atom is 0.293 e. The fourth-order valence-corrected chi connectivity index (χ4v) is 1.28. The molecule has 7 heteroatoms. The second kappa shape index (κ2) is 3.70. The highest BCUT2D eigenvalue weighted by atomic mass is 19.1. The molecule has 1 heterocycles. The van der Waals surface area contributed by atoms with Gasteiger partial charge in [-0.15, -0.1) is 0 Å². The fourth-order valence-electron chi connectivity index (χ4n) is 1.28. The van der Waals surface area contributed by atoms with Crippen LogP contribution in [0.3, 0.4) is 0 Å². The van der Waals surface area contributed by atoms with Crippen molar-refractivity contribution in [3.05, 3.63) is 44.7 Å². The number of anilines is 1. The predicted octanol–water partition coefficient (Wildman–Crippen LogP) is 0.223. The van der Waals surface area contributed by atoms with Gasteiger partial charge in [-0.05, 0) is 18.2 Å². The Morgan fingerprint density at radius 3 is 2.81 bits per heavy atom. The first-order chi connectivity index (χ1) is 7.61. The Kier molecular flexibility index (Phi) is 2.37. The standard InChI is InChI=1S/C9H6FN3O3/c10-4-1-2-5-6(3-4)11-9(15)7(13-16)12-8(5)14/h1-3,16H,(H2,11,12,13,14,15). The first-order valence-electron chi connectivity index (χ1n) is 4.26. The minimum absolute atomic E-state index is 0.0176. The molecule has 2 rings (SSSR count). The highest BCUT2D eigenvalue weighted by molar-refractivity contribution is 5.77. The van der Waals surface area contributed by atoms with Crippen molar-refractivity contribution in [2.24, 2.45) is 0 Å². The third-order valence-electron chi connectivity index (χ3n) is 1.99. The number of nitrogens with one attached hydrogen (secondary N) is 2. The van der Waals surface area contributed by atoms with Crippen molar-refractivity contribution in [2.45, 2.75) is 0 Å². The summed E-state index contributed by atoms with van der Waals surface area (Å²) in [4.78, 5) is 28.4. The molecule has 0 fully saturated rings. The molecule has 0 saturated carbocycles. The van der Waals surface area contributed by atoms with Gasteiger partial charge in [0.25, 0.3) is 11.1 Å². The summed E-state index contributed by atoms with van der Waals surface area (Å²) < 4.78 is 12.9. The molecule has 6 nitrogen and oxygen atoms in total. The molecule has 0 aliphatic heterocycles. The van der Waals surface area contributed by atoms with Gasteiger partial charge in [-0.2, -0.15) is 4.98 Å². The summed E-state index contributed by atoms with van der Waals surface area (Å²) in [7, 11) is 0. The number of aromatic amines is 1. The average Bonchev–Trinajstić information content (AvgIpc) is 2.35. The van der Waals surface area contributed by atoms with E-state index in [1.54, 1.807) is 0 Å². The summed E-state index contributed by atoms with van der Waals surface area (Å²) in [5.41, 5.74) is -0.0502. The second-order valence-electron chi connectivity index (χ2n) is 3.02. The van der Waals surface area contributed by atoms with Gasteiger partial charge in [-0.1, -0.05) is 0 Å². The highest BCUT2D eigenvalue weighted by Crippen LogP contribution is 2.07. The quantitative estimate of drug-likeness (QED) is 0.601. The number of aromatic nitrogens is 2. The topological polar surface area (TPSA) is 95.1 Å². The third-order valence-corrected chi connectivity index (χ3v) is 1.99. The van der Waals surface area contributed by atoms with Crippen molar-refractivity contribution in [2.75, 3.05) is 5.48 Å². The molecule has 0 aliphatic carbocycles. The van der Waals surface area contributed by atoms with Gasteiger partial charge in [0.2, 0.25) is 5.82 Å². The van der Waals surface area contributed by atoms with Crippen molar-refractivity contribution < 1.29 is 9.60 Å². The molecule has 82 valence electrons. The molecule has 0 unspecified atom stereocenters. The molecule has 0 radical (unpaired) electrons. The number of benzene rings is 1. The lowest BCUT2D eigenvalue weighted by atomic mass is 10.2. The van der Waals surface area contributed by atoms with Crippen LogP contribution in [0.1, 0.15) is 0 Å². The Labute approximate surface area is 87.3 Å². The number of fused-ring (bicyclic) bond motifs is 1. The van der Waals surface area contributed by atoms with Gasteiger partial charge in [0.1, 0.15) is 5.82 Å². The molecule has 0 amide bonds. The second-order valence-corrected chi connectivity index (χ2v) is 3.02. The van der Waals surface area contributed by atoms with E-state index in [4.69, 9.17) is 5.21 Å². The summed E-state index contributed by atoms with van der Waals surface area (Å²) in [6.07, 6.45) is 0. The minimum Gasteiger partial charge on any atom is -0.318 e. The Hall–Kier alpha value is -2.28. The predicted molar refractivity (Wildman–Crippen MR) is 54.0 cm³/mol. The van der Waals surface area contributed by atoms with E-state index >= 15 is 0 Å². The average molecular weight is 223 g/mol. The highest BCUT2D eigenvalue weighted by Gasteiger charge is 2.04. The maximum absolute atomic E-state index is 12.9. The number of nitrogens with zero attached hydrogens (tertiary/aromatic N) is 1. The molecule has 2 aromatic rings. The van der Waals surface area contributed by atoms with Crippen LogP contribution in [0.5, 0.6) is 0 Å². The van der Waals surface area contributed by atoms with Crippen molar-refractivity contribution in [3.63, 3.8) is 0 Å². The summed E-state index contributed by atoms with van der Waals surface area (Å²) in [5.74, 6) is -1.13. The van der Waals surface area contributed by atoms with Crippen LogP contribution in [0.4, 0.5) is 10.2 Å². The van der Waals surface area contributed by atoms with Gasteiger partial charge in [-0.3, -0.25) is 14.8 Å². The Bertz CT molecular complexity index is 668. The van der Waals surface area contributed by atoms with Crippen LogP contribution < -0.4 is 16.6 Å². The number of hydrogen-bond acceptors (Lipinski definition) is 5. The fraction of sp³-hybridized carbons (Fsp3) is 0. The number of hydrogen-bond donors (Lipinski definition) is 3. The van der Waals surface area contributed by atoms with E-state index < -0.39 is 22.8 Å². The molecule has 0 spiro atoms. The van der Waals surface area contributed by atoms with Gasteiger partial charge >= 0.3 is 0 Å². The molecular formula is C9H6FN3O3. The Morgan fingerprint density at radius 2 is 2.12 bits per heavy atom. The molecule has 0 aliphatic rings. The van der Waals surface area contributed by atoms with E-state index in [9.17, 15) is 14.0 Å². The van der Waals surface area contributed by atoms with E-state index in [1.165, 1.54) is 11.5 Å². The Morgan fingerprint density at radius 1 is 1.38 bits per heavy atom. The molecule has 1 aromatic carbocycles. The van der Waals surface area contributed by atoms with Crippen LogP contribution in [0.15, 0.2) is 27.8 Å². The maximum atomic E-state index is 12.9. The molecule has 3 N–H and O–H groups in total. The molecular weight excluding hydrogens is 217 g/mol. The van der Waals surface area contributed by atoms with Crippen molar-refractivity contribution >= 4 is 16.7 Å². The zero-order valence-electron chi connectivity index (χ0n) is 7.82. The van der Waals surface area contributed by atoms with Gasteiger partial charge in [0.05, 0.1) is 10.9 Å². The van der Waals surface area contributed by atoms with Crippen LogP contribution in [0, 0.1) is 5.82 Å². The van der Waals surface area contributed by atoms with Gasteiger partial charge in [0, 0.05) is 0 Å². The van der Waals surface area contributed by atoms with Gasteiger partial charge in [-0.25, -0.2) is 9.87 Å². The zero-order valence-corrected chi connectivity index (χ0v) is 7.82. The van der Waals surface area contributed by atoms with Crippen molar-refractivity contribution in [3.8, 4) is 0 Å². The first kappa shape index (κ1) is 10.2. The largest absolute Gasteiger partial charge is 0.318 e. The zero-order chi connectivity index (χ0) is 11.7. The lowest BCUT2D eigenvalue weighted by Gasteiger charge is -1.89. The van der Waals surface area contributed by atoms with E-state index in [0.29, 0.717) is 0 Å². The van der Waals surface area contributed by atoms with Crippen molar-refractivity contribution in [1.29, 1.82) is 0 Å². The summed E-state index contributed by atoms with van der Waals surface area (Å²) in [6, 6.07) is 3.29. The lowest BCUT2D eigenvalue weighted by molar-refractivity contribution is 0.385. The van der Waals surface area contributed by atoms with Crippen LogP contribution in [-0.2, 0) is 0 Å². The number of H-pyrrole nitrogens is 1. The van der Waals surface area contributed by atoms with Crippen LogP contribution >= 0.6 is 0 Å². The molecule has 1 aromatic heterocycles. The number of halogens is 1. The molecule has 16 heavy (non-hydrogen) atoms. The number of rotatable bonds is 1. The van der Waals surface area contributed by atoms with E-state index in [2.05, 4.69) is 9.97 Å². The summed E-state index contributed by atoms with van der Waals surface area (Å²) in [6.45, 7) is 0. The molecule has 0 atom stereocenters.